The minimum Gasteiger partial charge on any atom is -0.496 e. The van der Waals surface area contributed by atoms with Crippen molar-refractivity contribution < 1.29 is 14.2 Å². The molecule has 0 aromatic heterocycles. The fraction of sp³-hybridized carbons (Fsp3) is 0.350. The first kappa shape index (κ1) is 17.9. The van der Waals surface area contributed by atoms with Crippen molar-refractivity contribution in [3.05, 3.63) is 53.1 Å². The molecule has 0 saturated heterocycles. The van der Waals surface area contributed by atoms with Crippen molar-refractivity contribution in [3.8, 4) is 17.2 Å². The molecule has 0 atom stereocenters. The van der Waals surface area contributed by atoms with Crippen LogP contribution < -0.4 is 24.8 Å². The zero-order valence-corrected chi connectivity index (χ0v) is 15.5. The molecule has 138 valence electrons. The molecule has 1 aliphatic heterocycles. The fourth-order valence-electron chi connectivity index (χ4n) is 2.88. The van der Waals surface area contributed by atoms with Crippen LogP contribution in [0.5, 0.6) is 17.2 Å². The molecule has 26 heavy (non-hydrogen) atoms. The Morgan fingerprint density at radius 1 is 1.12 bits per heavy atom. The molecule has 0 amide bonds. The maximum atomic E-state index is 5.43. The highest BCUT2D eigenvalue weighted by atomic mass is 16.7. The van der Waals surface area contributed by atoms with Crippen molar-refractivity contribution in [2.75, 3.05) is 27.5 Å². The van der Waals surface area contributed by atoms with Crippen molar-refractivity contribution in [3.63, 3.8) is 0 Å². The van der Waals surface area contributed by atoms with Crippen LogP contribution in [-0.2, 0) is 13.0 Å². The summed E-state index contributed by atoms with van der Waals surface area (Å²) in [5, 5.41) is 6.65. The van der Waals surface area contributed by atoms with E-state index in [1.54, 1.807) is 14.2 Å². The first-order valence-corrected chi connectivity index (χ1v) is 8.66. The molecule has 2 N–H and O–H groups in total. The highest BCUT2D eigenvalue weighted by Crippen LogP contribution is 2.32. The third-order valence-corrected chi connectivity index (χ3v) is 4.24. The number of ether oxygens (including phenoxy) is 3. The lowest BCUT2D eigenvalue weighted by molar-refractivity contribution is 0.174. The van der Waals surface area contributed by atoms with Gasteiger partial charge in [0.1, 0.15) is 5.75 Å². The third-order valence-electron chi connectivity index (χ3n) is 4.24. The molecular formula is C20H25N3O3. The minimum atomic E-state index is 0.290. The highest BCUT2D eigenvalue weighted by Gasteiger charge is 2.13. The van der Waals surface area contributed by atoms with Crippen LogP contribution in [0, 0.1) is 6.92 Å². The molecule has 2 aromatic carbocycles. The Balaban J connectivity index is 1.50. The number of hydrogen-bond acceptors (Lipinski definition) is 4. The van der Waals surface area contributed by atoms with Crippen molar-refractivity contribution in [2.24, 2.45) is 4.99 Å². The van der Waals surface area contributed by atoms with Gasteiger partial charge in [-0.2, -0.15) is 0 Å². The van der Waals surface area contributed by atoms with Crippen LogP contribution in [0.4, 0.5) is 0 Å². The lowest BCUT2D eigenvalue weighted by Gasteiger charge is -2.14. The maximum absolute atomic E-state index is 5.43. The number of hydrogen-bond donors (Lipinski definition) is 2. The number of rotatable bonds is 6. The van der Waals surface area contributed by atoms with E-state index in [0.717, 1.165) is 41.7 Å². The Labute approximate surface area is 154 Å². The molecule has 0 aliphatic carbocycles. The van der Waals surface area contributed by atoms with Gasteiger partial charge in [0.2, 0.25) is 6.79 Å². The summed E-state index contributed by atoms with van der Waals surface area (Å²) in [5.41, 5.74) is 3.52. The monoisotopic (exact) mass is 355 g/mol. The average molecular weight is 355 g/mol. The number of aliphatic imine (C=N–C) groups is 1. The number of guanidine groups is 1. The largest absolute Gasteiger partial charge is 0.496 e. The predicted molar refractivity (Wildman–Crippen MR) is 102 cm³/mol. The van der Waals surface area contributed by atoms with Crippen LogP contribution in [-0.4, -0.2) is 33.5 Å². The second-order valence-corrected chi connectivity index (χ2v) is 6.11. The van der Waals surface area contributed by atoms with Gasteiger partial charge >= 0.3 is 0 Å². The molecule has 0 spiro atoms. The lowest BCUT2D eigenvalue weighted by atomic mass is 10.1. The van der Waals surface area contributed by atoms with Crippen LogP contribution in [0.3, 0.4) is 0 Å². The Kier molecular flexibility index (Phi) is 5.84. The summed E-state index contributed by atoms with van der Waals surface area (Å²) in [4.78, 5) is 4.27. The van der Waals surface area contributed by atoms with Gasteiger partial charge in [-0.25, -0.2) is 0 Å². The SMILES string of the molecule is CN=C(NCCc1cc(C)ccc1OC)NCc1ccc2c(c1)OCO2. The van der Waals surface area contributed by atoms with Gasteiger partial charge in [0.15, 0.2) is 17.5 Å². The molecule has 1 aliphatic rings. The molecule has 2 aromatic rings. The number of nitrogens with zero attached hydrogens (tertiary/aromatic N) is 1. The zero-order chi connectivity index (χ0) is 18.4. The van der Waals surface area contributed by atoms with Crippen LogP contribution in [0.25, 0.3) is 0 Å². The fourth-order valence-corrected chi connectivity index (χ4v) is 2.88. The second kappa shape index (κ2) is 8.47. The molecule has 3 rings (SSSR count). The van der Waals surface area contributed by atoms with Crippen molar-refractivity contribution in [2.45, 2.75) is 19.9 Å². The van der Waals surface area contributed by atoms with Gasteiger partial charge in [0, 0.05) is 20.1 Å². The quantitative estimate of drug-likeness (QED) is 0.616. The van der Waals surface area contributed by atoms with Crippen LogP contribution in [0.2, 0.25) is 0 Å². The molecule has 0 fully saturated rings. The first-order chi connectivity index (χ1) is 12.7. The molecule has 6 nitrogen and oxygen atoms in total. The zero-order valence-electron chi connectivity index (χ0n) is 15.5. The maximum Gasteiger partial charge on any atom is 0.231 e. The summed E-state index contributed by atoms with van der Waals surface area (Å²) in [6.07, 6.45) is 0.857. The second-order valence-electron chi connectivity index (χ2n) is 6.11. The predicted octanol–water partition coefficient (Wildman–Crippen LogP) is 2.64. The van der Waals surface area contributed by atoms with Crippen LogP contribution >= 0.6 is 0 Å². The smallest absolute Gasteiger partial charge is 0.231 e. The third kappa shape index (κ3) is 4.39. The molecule has 0 bridgehead atoms. The van der Waals surface area contributed by atoms with Crippen LogP contribution in [0.15, 0.2) is 41.4 Å². The Hall–Kier alpha value is -2.89. The van der Waals surface area contributed by atoms with Crippen molar-refractivity contribution in [1.82, 2.24) is 10.6 Å². The normalized spacial score (nSPS) is 12.8. The van der Waals surface area contributed by atoms with Gasteiger partial charge < -0.3 is 24.8 Å². The van der Waals surface area contributed by atoms with Crippen molar-refractivity contribution in [1.29, 1.82) is 0 Å². The summed E-state index contributed by atoms with van der Waals surface area (Å²) in [7, 11) is 3.47. The topological polar surface area (TPSA) is 64.1 Å². The summed E-state index contributed by atoms with van der Waals surface area (Å²) in [6, 6.07) is 12.2. The minimum absolute atomic E-state index is 0.290. The van der Waals surface area contributed by atoms with E-state index in [2.05, 4.69) is 34.7 Å². The summed E-state index contributed by atoms with van der Waals surface area (Å²) in [6.45, 7) is 3.80. The number of benzene rings is 2. The standard InChI is InChI=1S/C20H25N3O3/c1-14-4-6-17(24-3)16(10-14)8-9-22-20(21-2)23-12-15-5-7-18-19(11-15)26-13-25-18/h4-7,10-11H,8-9,12-13H2,1-3H3,(H2,21,22,23). The van der Waals surface area contributed by atoms with Crippen LogP contribution in [0.1, 0.15) is 16.7 Å². The number of nitrogens with one attached hydrogen (secondary N) is 2. The summed E-state index contributed by atoms with van der Waals surface area (Å²) >= 11 is 0. The number of aryl methyl sites for hydroxylation is 1. The van der Waals surface area contributed by atoms with Gasteiger partial charge in [-0.15, -0.1) is 0 Å². The van der Waals surface area contributed by atoms with E-state index in [-0.39, 0.29) is 6.79 Å². The van der Waals surface area contributed by atoms with Gasteiger partial charge in [-0.1, -0.05) is 23.8 Å². The Morgan fingerprint density at radius 2 is 1.96 bits per heavy atom. The molecular weight excluding hydrogens is 330 g/mol. The van der Waals surface area contributed by atoms with E-state index in [9.17, 15) is 0 Å². The van der Waals surface area contributed by atoms with E-state index in [1.807, 2.05) is 24.3 Å². The van der Waals surface area contributed by atoms with E-state index in [4.69, 9.17) is 14.2 Å². The van der Waals surface area contributed by atoms with Gasteiger partial charge in [0.05, 0.1) is 7.11 Å². The van der Waals surface area contributed by atoms with E-state index >= 15 is 0 Å². The van der Waals surface area contributed by atoms with Crippen molar-refractivity contribution >= 4 is 5.96 Å². The molecule has 0 unspecified atom stereocenters. The number of methoxy groups -OCH3 is 1. The Bertz CT molecular complexity index is 790. The lowest BCUT2D eigenvalue weighted by Crippen LogP contribution is -2.37. The average Bonchev–Trinajstić information content (AvgIpc) is 3.12. The molecule has 1 heterocycles. The Morgan fingerprint density at radius 3 is 2.77 bits per heavy atom. The van der Waals surface area contributed by atoms with Gasteiger partial charge in [0.25, 0.3) is 0 Å². The summed E-state index contributed by atoms with van der Waals surface area (Å²) < 4.78 is 16.2. The number of fused-ring (bicyclic) bond motifs is 1. The van der Waals surface area contributed by atoms with E-state index in [1.165, 1.54) is 11.1 Å². The molecule has 0 radical (unpaired) electrons. The molecule has 6 heteroatoms. The van der Waals surface area contributed by atoms with E-state index in [0.29, 0.717) is 6.54 Å². The van der Waals surface area contributed by atoms with Gasteiger partial charge in [-0.3, -0.25) is 4.99 Å². The summed E-state index contributed by atoms with van der Waals surface area (Å²) in [5.74, 6) is 3.26. The van der Waals surface area contributed by atoms with E-state index < -0.39 is 0 Å². The highest BCUT2D eigenvalue weighted by molar-refractivity contribution is 5.79. The van der Waals surface area contributed by atoms with Gasteiger partial charge in [-0.05, 0) is 42.7 Å². The molecule has 0 saturated carbocycles. The first-order valence-electron chi connectivity index (χ1n) is 8.66.